The van der Waals surface area contributed by atoms with Gasteiger partial charge in [-0.3, -0.25) is 19.4 Å². The number of nitrogens with one attached hydrogen (secondary N) is 1. The normalized spacial score (nSPS) is 14.6. The summed E-state index contributed by atoms with van der Waals surface area (Å²) in [6.45, 7) is 2.38. The molecule has 0 unspecified atom stereocenters. The van der Waals surface area contributed by atoms with Crippen molar-refractivity contribution in [2.45, 2.75) is 11.4 Å². The maximum atomic E-state index is 13.4. The number of carbonyl (C=O) groups excluding carboxylic acids is 1. The Morgan fingerprint density at radius 1 is 0.919 bits per heavy atom. The summed E-state index contributed by atoms with van der Waals surface area (Å²) in [7, 11) is -3.95. The summed E-state index contributed by atoms with van der Waals surface area (Å²) in [4.78, 5) is 25.0. The lowest BCUT2D eigenvalue weighted by molar-refractivity contribution is 0.0628. The van der Waals surface area contributed by atoms with Gasteiger partial charge in [-0.1, -0.05) is 18.2 Å². The number of benzene rings is 2. The lowest BCUT2D eigenvalue weighted by Gasteiger charge is -2.34. The van der Waals surface area contributed by atoms with Crippen molar-refractivity contribution < 1.29 is 22.0 Å². The fourth-order valence-electron chi connectivity index (χ4n) is 4.32. The monoisotopic (exact) mass is 523 g/mol. The molecule has 0 bridgehead atoms. The van der Waals surface area contributed by atoms with Crippen LogP contribution >= 0.6 is 0 Å². The number of piperazine rings is 1. The molecular weight excluding hydrogens is 500 g/mol. The van der Waals surface area contributed by atoms with Crippen molar-refractivity contribution in [1.82, 2.24) is 19.8 Å². The first-order valence-electron chi connectivity index (χ1n) is 11.6. The molecule has 0 spiro atoms. The predicted octanol–water partition coefficient (Wildman–Crippen LogP) is 3.67. The van der Waals surface area contributed by atoms with Gasteiger partial charge in [0, 0.05) is 56.6 Å². The summed E-state index contributed by atoms with van der Waals surface area (Å²) >= 11 is 0. The molecule has 2 aromatic heterocycles. The Kier molecular flexibility index (Phi) is 6.81. The lowest BCUT2D eigenvalue weighted by Crippen LogP contribution is -2.48. The highest BCUT2D eigenvalue weighted by Crippen LogP contribution is 2.23. The van der Waals surface area contributed by atoms with E-state index in [1.807, 2.05) is 4.90 Å². The summed E-state index contributed by atoms with van der Waals surface area (Å²) in [5.74, 6) is -1.38. The van der Waals surface area contributed by atoms with Gasteiger partial charge < -0.3 is 4.90 Å². The molecule has 0 radical (unpaired) electrons. The molecule has 11 heteroatoms. The number of fused-ring (bicyclic) bond motifs is 1. The third kappa shape index (κ3) is 5.57. The molecule has 4 aromatic rings. The molecular formula is C26H23F2N5O3S. The second-order valence-corrected chi connectivity index (χ2v) is 10.4. The highest BCUT2D eigenvalue weighted by molar-refractivity contribution is 7.93. The summed E-state index contributed by atoms with van der Waals surface area (Å²) < 4.78 is 55.3. The maximum Gasteiger partial charge on any atom is 0.265 e. The Labute approximate surface area is 212 Å². The third-order valence-electron chi connectivity index (χ3n) is 6.12. The molecule has 8 nitrogen and oxygen atoms in total. The van der Waals surface area contributed by atoms with E-state index in [0.717, 1.165) is 6.07 Å². The summed E-state index contributed by atoms with van der Waals surface area (Å²) in [6.07, 6.45) is 2.87. The Morgan fingerprint density at radius 2 is 1.65 bits per heavy atom. The van der Waals surface area contributed by atoms with Crippen molar-refractivity contribution in [3.63, 3.8) is 0 Å². The number of pyridine rings is 2. The first-order chi connectivity index (χ1) is 17.8. The van der Waals surface area contributed by atoms with Crippen LogP contribution in [0.25, 0.3) is 10.9 Å². The molecule has 3 heterocycles. The van der Waals surface area contributed by atoms with E-state index in [9.17, 15) is 22.0 Å². The summed E-state index contributed by atoms with van der Waals surface area (Å²) in [5.41, 5.74) is 1.22. The number of para-hydroxylation sites is 1. The van der Waals surface area contributed by atoms with Crippen LogP contribution in [-0.4, -0.2) is 60.3 Å². The van der Waals surface area contributed by atoms with Crippen LogP contribution < -0.4 is 4.72 Å². The van der Waals surface area contributed by atoms with Gasteiger partial charge in [-0.2, -0.15) is 0 Å². The standard InChI is InChI=1S/C26H23F2N5O3S/c27-21-13-18(14-22(28)15-21)17-32-9-11-33(12-10-32)26(34)20-6-7-24(30-16-20)31-37(35,36)23-5-1-3-19-4-2-8-29-25(19)23/h1-8,13-16H,9-12,17H2,(H,30,31). The van der Waals surface area contributed by atoms with Crippen LogP contribution in [0.5, 0.6) is 0 Å². The second kappa shape index (κ2) is 10.2. The number of carbonyl (C=O) groups is 1. The minimum absolute atomic E-state index is 0.0337. The minimum Gasteiger partial charge on any atom is -0.336 e. The molecule has 5 rings (SSSR count). The van der Waals surface area contributed by atoms with Gasteiger partial charge in [-0.15, -0.1) is 0 Å². The Hall–Kier alpha value is -3.96. The Morgan fingerprint density at radius 3 is 2.35 bits per heavy atom. The first kappa shape index (κ1) is 24.7. The summed E-state index contributed by atoms with van der Waals surface area (Å²) in [5, 5.41) is 0.697. The topological polar surface area (TPSA) is 95.5 Å². The molecule has 1 N–H and O–H groups in total. The molecule has 0 saturated carbocycles. The van der Waals surface area contributed by atoms with Crippen LogP contribution in [0.1, 0.15) is 15.9 Å². The van der Waals surface area contributed by atoms with Crippen LogP contribution in [0.4, 0.5) is 14.6 Å². The third-order valence-corrected chi connectivity index (χ3v) is 7.51. The molecule has 2 aromatic carbocycles. The van der Waals surface area contributed by atoms with Crippen molar-refractivity contribution in [1.29, 1.82) is 0 Å². The van der Waals surface area contributed by atoms with E-state index in [1.165, 1.54) is 42.7 Å². The van der Waals surface area contributed by atoms with Crippen LogP contribution in [0, 0.1) is 11.6 Å². The van der Waals surface area contributed by atoms with Gasteiger partial charge in [-0.05, 0) is 42.0 Å². The van der Waals surface area contributed by atoms with E-state index >= 15 is 0 Å². The average molecular weight is 524 g/mol. The first-order valence-corrected chi connectivity index (χ1v) is 13.1. The van der Waals surface area contributed by atoms with Crippen molar-refractivity contribution in [2.24, 2.45) is 0 Å². The van der Waals surface area contributed by atoms with Crippen molar-refractivity contribution in [3.05, 3.63) is 95.8 Å². The van der Waals surface area contributed by atoms with Gasteiger partial charge in [0.25, 0.3) is 15.9 Å². The SMILES string of the molecule is O=C(c1ccc(NS(=O)(=O)c2cccc3cccnc23)nc1)N1CCN(Cc2cc(F)cc(F)c2)CC1. The maximum absolute atomic E-state index is 13.4. The highest BCUT2D eigenvalue weighted by Gasteiger charge is 2.23. The number of hydrogen-bond acceptors (Lipinski definition) is 6. The lowest BCUT2D eigenvalue weighted by atomic mass is 10.1. The van der Waals surface area contributed by atoms with Gasteiger partial charge in [0.2, 0.25) is 0 Å². The molecule has 1 aliphatic heterocycles. The number of rotatable bonds is 6. The fourth-order valence-corrected chi connectivity index (χ4v) is 5.51. The van der Waals surface area contributed by atoms with Crippen LogP contribution in [0.2, 0.25) is 0 Å². The zero-order valence-electron chi connectivity index (χ0n) is 19.6. The van der Waals surface area contributed by atoms with Gasteiger partial charge >= 0.3 is 0 Å². The van der Waals surface area contributed by atoms with Crippen molar-refractivity contribution >= 4 is 32.7 Å². The van der Waals surface area contributed by atoms with E-state index < -0.39 is 21.7 Å². The molecule has 1 fully saturated rings. The minimum atomic E-state index is -3.95. The fraction of sp³-hybridized carbons (Fsp3) is 0.192. The van der Waals surface area contributed by atoms with Crippen LogP contribution in [0.15, 0.2) is 78.0 Å². The van der Waals surface area contributed by atoms with E-state index in [2.05, 4.69) is 14.7 Å². The van der Waals surface area contributed by atoms with E-state index in [4.69, 9.17) is 0 Å². The number of halogens is 2. The van der Waals surface area contributed by atoms with Gasteiger partial charge in [0.05, 0.1) is 11.1 Å². The number of aromatic nitrogens is 2. The molecule has 37 heavy (non-hydrogen) atoms. The highest BCUT2D eigenvalue weighted by atomic mass is 32.2. The van der Waals surface area contributed by atoms with Crippen LogP contribution in [-0.2, 0) is 16.6 Å². The zero-order valence-corrected chi connectivity index (χ0v) is 20.5. The van der Waals surface area contributed by atoms with Gasteiger partial charge in [0.15, 0.2) is 0 Å². The average Bonchev–Trinajstić information content (AvgIpc) is 2.88. The van der Waals surface area contributed by atoms with Gasteiger partial charge in [0.1, 0.15) is 22.3 Å². The molecule has 190 valence electrons. The number of nitrogens with zero attached hydrogens (tertiary/aromatic N) is 4. The Balaban J connectivity index is 1.21. The smallest absolute Gasteiger partial charge is 0.265 e. The number of hydrogen-bond donors (Lipinski definition) is 1. The van der Waals surface area contributed by atoms with Crippen molar-refractivity contribution in [3.8, 4) is 0 Å². The molecule has 0 aliphatic carbocycles. The molecule has 1 saturated heterocycles. The Bertz CT molecular complexity index is 1530. The number of anilines is 1. The molecule has 1 aliphatic rings. The van der Waals surface area contributed by atoms with Crippen LogP contribution in [0.3, 0.4) is 0 Å². The predicted molar refractivity (Wildman–Crippen MR) is 134 cm³/mol. The quantitative estimate of drug-likeness (QED) is 0.415. The summed E-state index contributed by atoms with van der Waals surface area (Å²) in [6, 6.07) is 14.8. The van der Waals surface area contributed by atoms with Crippen molar-refractivity contribution in [2.75, 3.05) is 30.9 Å². The number of sulfonamides is 1. The van der Waals surface area contributed by atoms with Gasteiger partial charge in [-0.25, -0.2) is 22.2 Å². The molecule has 0 atom stereocenters. The van der Waals surface area contributed by atoms with E-state index in [-0.39, 0.29) is 16.6 Å². The largest absolute Gasteiger partial charge is 0.336 e. The zero-order chi connectivity index (χ0) is 26.0. The van der Waals surface area contributed by atoms with E-state index in [1.54, 1.807) is 29.2 Å². The molecule has 1 amide bonds. The second-order valence-electron chi connectivity index (χ2n) is 8.71. The number of amides is 1. The van der Waals surface area contributed by atoms with E-state index in [0.29, 0.717) is 54.8 Å².